The number of carbonyl (C=O) groups excluding carboxylic acids is 1. The first kappa shape index (κ1) is 15.8. The van der Waals surface area contributed by atoms with Gasteiger partial charge in [0.25, 0.3) is 0 Å². The van der Waals surface area contributed by atoms with Crippen LogP contribution < -0.4 is 4.90 Å². The minimum atomic E-state index is 0.0339. The average molecular weight is 282 g/mol. The lowest BCUT2D eigenvalue weighted by Crippen LogP contribution is -3.13. The van der Waals surface area contributed by atoms with Crippen LogP contribution >= 0.6 is 0 Å². The van der Waals surface area contributed by atoms with Gasteiger partial charge in [-0.3, -0.25) is 0 Å². The Kier molecular flexibility index (Phi) is 5.88. The fourth-order valence-corrected chi connectivity index (χ4v) is 3.89. The first-order valence-electron chi connectivity index (χ1n) is 8.59. The van der Waals surface area contributed by atoms with Crippen LogP contribution in [0.3, 0.4) is 0 Å². The van der Waals surface area contributed by atoms with E-state index in [9.17, 15) is 4.79 Å². The van der Waals surface area contributed by atoms with Crippen LogP contribution in [-0.2, 0) is 9.53 Å². The quantitative estimate of drug-likeness (QED) is 0.800. The average Bonchev–Trinajstić information content (AvgIpc) is 2.39. The van der Waals surface area contributed by atoms with E-state index in [2.05, 4.69) is 20.8 Å². The van der Waals surface area contributed by atoms with Gasteiger partial charge >= 0.3 is 5.97 Å². The number of carbonyl (C=O) groups is 1. The molecule has 0 radical (unpaired) electrons. The molecule has 1 heterocycles. The van der Waals surface area contributed by atoms with Gasteiger partial charge in [0.15, 0.2) is 6.54 Å². The molecule has 3 atom stereocenters. The van der Waals surface area contributed by atoms with Gasteiger partial charge in [-0.15, -0.1) is 0 Å². The van der Waals surface area contributed by atoms with Gasteiger partial charge in [0.2, 0.25) is 0 Å². The Hall–Kier alpha value is -0.570. The third kappa shape index (κ3) is 4.47. The molecular weight excluding hydrogens is 250 g/mol. The molecule has 2 rings (SSSR count). The third-order valence-electron chi connectivity index (χ3n) is 5.20. The van der Waals surface area contributed by atoms with Crippen LogP contribution in [0.1, 0.15) is 59.3 Å². The molecule has 116 valence electrons. The highest BCUT2D eigenvalue weighted by molar-refractivity contribution is 5.70. The van der Waals surface area contributed by atoms with Crippen LogP contribution in [0.5, 0.6) is 0 Å². The smallest absolute Gasteiger partial charge is 0.361 e. The molecule has 1 aliphatic carbocycles. The molecule has 0 spiro atoms. The first-order valence-corrected chi connectivity index (χ1v) is 8.59. The van der Waals surface area contributed by atoms with Crippen molar-refractivity contribution in [1.82, 2.24) is 0 Å². The summed E-state index contributed by atoms with van der Waals surface area (Å²) in [6.07, 6.45) is 7.57. The van der Waals surface area contributed by atoms with Crippen LogP contribution in [0.4, 0.5) is 0 Å². The minimum Gasteiger partial charge on any atom is -0.458 e. The number of quaternary nitrogens is 1. The van der Waals surface area contributed by atoms with Crippen molar-refractivity contribution in [3.8, 4) is 0 Å². The van der Waals surface area contributed by atoms with Crippen molar-refractivity contribution < 1.29 is 14.4 Å². The summed E-state index contributed by atoms with van der Waals surface area (Å²) in [5.74, 6) is 1.91. The molecule has 20 heavy (non-hydrogen) atoms. The van der Waals surface area contributed by atoms with E-state index in [0.717, 1.165) is 19.5 Å². The van der Waals surface area contributed by atoms with Crippen molar-refractivity contribution in [2.45, 2.75) is 65.4 Å². The zero-order valence-corrected chi connectivity index (χ0v) is 13.5. The molecule has 0 amide bonds. The summed E-state index contributed by atoms with van der Waals surface area (Å²) in [7, 11) is 0. The molecule has 2 aliphatic rings. The lowest BCUT2D eigenvalue weighted by molar-refractivity contribution is -0.897. The van der Waals surface area contributed by atoms with Crippen molar-refractivity contribution in [3.63, 3.8) is 0 Å². The highest BCUT2D eigenvalue weighted by atomic mass is 16.5. The zero-order valence-electron chi connectivity index (χ0n) is 13.5. The summed E-state index contributed by atoms with van der Waals surface area (Å²) >= 11 is 0. The van der Waals surface area contributed by atoms with E-state index in [4.69, 9.17) is 4.74 Å². The summed E-state index contributed by atoms with van der Waals surface area (Å²) in [5.41, 5.74) is 0. The standard InChI is InChI=1S/C17H31NO2/c1-13(2)15-8-7-14(3)11-16(15)20-17(19)12-18-9-5-4-6-10-18/h13-16H,4-12H2,1-3H3/p+1/t14-,15+,16-/m1/s1. The number of likely N-dealkylation sites (tertiary alicyclic amines) is 1. The lowest BCUT2D eigenvalue weighted by atomic mass is 9.75. The first-order chi connectivity index (χ1) is 9.56. The van der Waals surface area contributed by atoms with E-state index in [-0.39, 0.29) is 12.1 Å². The maximum absolute atomic E-state index is 12.2. The number of piperidine rings is 1. The Bertz CT molecular complexity index is 310. The molecular formula is C17H32NO2+. The fraction of sp³-hybridized carbons (Fsp3) is 0.941. The molecule has 1 N–H and O–H groups in total. The normalized spacial score (nSPS) is 32.3. The number of hydrogen-bond acceptors (Lipinski definition) is 2. The highest BCUT2D eigenvalue weighted by Gasteiger charge is 2.34. The summed E-state index contributed by atoms with van der Waals surface area (Å²) < 4.78 is 5.88. The van der Waals surface area contributed by atoms with Gasteiger partial charge in [0.1, 0.15) is 6.10 Å². The summed E-state index contributed by atoms with van der Waals surface area (Å²) in [4.78, 5) is 13.6. The zero-order chi connectivity index (χ0) is 14.5. The maximum Gasteiger partial charge on any atom is 0.361 e. The lowest BCUT2D eigenvalue weighted by Gasteiger charge is -2.36. The number of esters is 1. The third-order valence-corrected chi connectivity index (χ3v) is 5.20. The van der Waals surface area contributed by atoms with Gasteiger partial charge in [0.05, 0.1) is 13.1 Å². The summed E-state index contributed by atoms with van der Waals surface area (Å²) in [6.45, 7) is 9.67. The topological polar surface area (TPSA) is 30.7 Å². The largest absolute Gasteiger partial charge is 0.458 e. The molecule has 2 fully saturated rings. The van der Waals surface area contributed by atoms with Crippen molar-refractivity contribution >= 4 is 5.97 Å². The van der Waals surface area contributed by atoms with E-state index in [1.807, 2.05) is 0 Å². The molecule has 0 aromatic rings. The number of rotatable bonds is 4. The minimum absolute atomic E-state index is 0.0339. The molecule has 0 aromatic carbocycles. The van der Waals surface area contributed by atoms with Gasteiger partial charge in [-0.2, -0.15) is 0 Å². The van der Waals surface area contributed by atoms with Gasteiger partial charge in [-0.25, -0.2) is 4.79 Å². The molecule has 1 aliphatic heterocycles. The maximum atomic E-state index is 12.2. The molecule has 0 bridgehead atoms. The number of hydrogen-bond donors (Lipinski definition) is 1. The molecule has 1 saturated carbocycles. The van der Waals surface area contributed by atoms with Gasteiger partial charge < -0.3 is 9.64 Å². The van der Waals surface area contributed by atoms with Gasteiger partial charge in [-0.1, -0.05) is 27.2 Å². The van der Waals surface area contributed by atoms with E-state index in [0.29, 0.717) is 24.3 Å². The molecule has 0 unspecified atom stereocenters. The fourth-order valence-electron chi connectivity index (χ4n) is 3.89. The second kappa shape index (κ2) is 7.44. The van der Waals surface area contributed by atoms with Crippen LogP contribution in [0.15, 0.2) is 0 Å². The van der Waals surface area contributed by atoms with E-state index in [1.165, 1.54) is 37.0 Å². The Morgan fingerprint density at radius 3 is 2.55 bits per heavy atom. The van der Waals surface area contributed by atoms with Crippen LogP contribution in [-0.4, -0.2) is 31.7 Å². The Morgan fingerprint density at radius 2 is 1.90 bits per heavy atom. The number of nitrogens with one attached hydrogen (secondary N) is 1. The van der Waals surface area contributed by atoms with Crippen molar-refractivity contribution in [1.29, 1.82) is 0 Å². The van der Waals surface area contributed by atoms with Crippen molar-refractivity contribution in [2.75, 3.05) is 19.6 Å². The summed E-state index contributed by atoms with van der Waals surface area (Å²) in [6, 6.07) is 0. The van der Waals surface area contributed by atoms with Crippen LogP contribution in [0, 0.1) is 17.8 Å². The molecule has 3 nitrogen and oxygen atoms in total. The highest BCUT2D eigenvalue weighted by Crippen LogP contribution is 2.35. The van der Waals surface area contributed by atoms with E-state index >= 15 is 0 Å². The van der Waals surface area contributed by atoms with Gasteiger partial charge in [-0.05, 0) is 49.9 Å². The monoisotopic (exact) mass is 282 g/mol. The second-order valence-electron chi connectivity index (χ2n) is 7.34. The number of ether oxygens (including phenoxy) is 1. The molecule has 1 saturated heterocycles. The Labute approximate surface area is 124 Å². The van der Waals surface area contributed by atoms with Gasteiger partial charge in [0, 0.05) is 0 Å². The predicted octanol–water partition coefficient (Wildman–Crippen LogP) is 2.06. The van der Waals surface area contributed by atoms with E-state index < -0.39 is 0 Å². The van der Waals surface area contributed by atoms with Crippen molar-refractivity contribution in [3.05, 3.63) is 0 Å². The molecule has 3 heteroatoms. The second-order valence-corrected chi connectivity index (χ2v) is 7.34. The van der Waals surface area contributed by atoms with Crippen molar-refractivity contribution in [2.24, 2.45) is 17.8 Å². The van der Waals surface area contributed by atoms with Crippen LogP contribution in [0.25, 0.3) is 0 Å². The predicted molar refractivity (Wildman–Crippen MR) is 80.6 cm³/mol. The SMILES string of the molecule is CC(C)[C@@H]1CC[C@@H](C)C[C@H]1OC(=O)C[NH+]1CCCCC1. The summed E-state index contributed by atoms with van der Waals surface area (Å²) in [5, 5.41) is 0. The van der Waals surface area contributed by atoms with Crippen LogP contribution in [0.2, 0.25) is 0 Å². The Balaban J connectivity index is 1.83. The van der Waals surface area contributed by atoms with E-state index in [1.54, 1.807) is 0 Å². The Morgan fingerprint density at radius 1 is 1.20 bits per heavy atom. The molecule has 0 aromatic heterocycles.